The predicted molar refractivity (Wildman–Crippen MR) is 75.4 cm³/mol. The van der Waals surface area contributed by atoms with Crippen LogP contribution in [0.3, 0.4) is 0 Å². The van der Waals surface area contributed by atoms with Gasteiger partial charge in [-0.2, -0.15) is 0 Å². The van der Waals surface area contributed by atoms with Crippen LogP contribution in [0.2, 0.25) is 0 Å². The maximum absolute atomic E-state index is 4.33. The van der Waals surface area contributed by atoms with Crippen molar-refractivity contribution in [2.45, 2.75) is 38.8 Å². The van der Waals surface area contributed by atoms with E-state index in [-0.39, 0.29) is 0 Å². The molecular weight excluding hydrogens is 220 g/mol. The van der Waals surface area contributed by atoms with E-state index in [2.05, 4.69) is 41.5 Å². The van der Waals surface area contributed by atoms with Crippen molar-refractivity contribution in [1.82, 2.24) is 10.3 Å². The highest BCUT2D eigenvalue weighted by atomic mass is 14.9. The zero-order valence-electron chi connectivity index (χ0n) is 10.9. The molecule has 0 bridgehead atoms. The Balaban J connectivity index is 1.74. The van der Waals surface area contributed by atoms with E-state index >= 15 is 0 Å². The number of rotatable bonds is 4. The number of aromatic nitrogens is 1. The topological polar surface area (TPSA) is 24.9 Å². The third-order valence-electron chi connectivity index (χ3n) is 4.22. The van der Waals surface area contributed by atoms with Crippen molar-refractivity contribution in [3.63, 3.8) is 0 Å². The third kappa shape index (κ3) is 2.25. The van der Waals surface area contributed by atoms with Crippen LogP contribution in [0.5, 0.6) is 0 Å². The summed E-state index contributed by atoms with van der Waals surface area (Å²) in [6, 6.07) is 9.10. The first kappa shape index (κ1) is 11.7. The highest BCUT2D eigenvalue weighted by molar-refractivity contribution is 5.84. The van der Waals surface area contributed by atoms with Gasteiger partial charge in [0.05, 0.1) is 0 Å². The maximum atomic E-state index is 4.33. The first-order chi connectivity index (χ1) is 8.84. The van der Waals surface area contributed by atoms with Crippen molar-refractivity contribution in [2.75, 3.05) is 0 Å². The summed E-state index contributed by atoms with van der Waals surface area (Å²) in [5.74, 6) is 0.882. The molecule has 2 heteroatoms. The number of nitrogens with zero attached hydrogens (tertiary/aromatic N) is 1. The van der Waals surface area contributed by atoms with Gasteiger partial charge in [0, 0.05) is 30.4 Å². The molecule has 1 aromatic heterocycles. The van der Waals surface area contributed by atoms with Crippen LogP contribution in [-0.4, -0.2) is 11.0 Å². The largest absolute Gasteiger partial charge is 0.310 e. The molecule has 1 atom stereocenters. The van der Waals surface area contributed by atoms with Gasteiger partial charge in [-0.25, -0.2) is 0 Å². The number of benzene rings is 1. The molecule has 0 amide bonds. The van der Waals surface area contributed by atoms with Crippen LogP contribution >= 0.6 is 0 Å². The molecule has 0 radical (unpaired) electrons. The van der Waals surface area contributed by atoms with Crippen LogP contribution in [-0.2, 0) is 6.54 Å². The van der Waals surface area contributed by atoms with Gasteiger partial charge in [-0.05, 0) is 36.6 Å². The summed E-state index contributed by atoms with van der Waals surface area (Å²) >= 11 is 0. The zero-order chi connectivity index (χ0) is 12.4. The van der Waals surface area contributed by atoms with Gasteiger partial charge in [0.25, 0.3) is 0 Å². The fraction of sp³-hybridized carbons (Fsp3) is 0.438. The van der Waals surface area contributed by atoms with Crippen LogP contribution in [0.1, 0.15) is 31.7 Å². The molecular formula is C16H20N2. The lowest BCUT2D eigenvalue weighted by atomic mass is 9.80. The normalized spacial score (nSPS) is 17.6. The van der Waals surface area contributed by atoms with Gasteiger partial charge in [-0.15, -0.1) is 0 Å². The summed E-state index contributed by atoms with van der Waals surface area (Å²) < 4.78 is 0. The van der Waals surface area contributed by atoms with E-state index < -0.39 is 0 Å². The molecule has 2 nitrogen and oxygen atoms in total. The molecule has 0 aliphatic heterocycles. The van der Waals surface area contributed by atoms with Gasteiger partial charge in [0.1, 0.15) is 0 Å². The summed E-state index contributed by atoms with van der Waals surface area (Å²) in [7, 11) is 0. The van der Waals surface area contributed by atoms with Crippen molar-refractivity contribution < 1.29 is 0 Å². The third-order valence-corrected chi connectivity index (χ3v) is 4.22. The molecule has 1 aliphatic carbocycles. The van der Waals surface area contributed by atoms with Gasteiger partial charge in [0.2, 0.25) is 0 Å². The molecule has 0 saturated heterocycles. The zero-order valence-corrected chi connectivity index (χ0v) is 10.9. The Bertz CT molecular complexity index is 526. The van der Waals surface area contributed by atoms with Crippen molar-refractivity contribution in [1.29, 1.82) is 0 Å². The predicted octanol–water partition coefficient (Wildman–Crippen LogP) is 3.51. The first-order valence-corrected chi connectivity index (χ1v) is 6.89. The number of fused-ring (bicyclic) bond motifs is 1. The molecule has 1 fully saturated rings. The molecule has 0 spiro atoms. The van der Waals surface area contributed by atoms with Crippen LogP contribution in [0.25, 0.3) is 10.8 Å². The van der Waals surface area contributed by atoms with E-state index in [1.165, 1.54) is 35.6 Å². The van der Waals surface area contributed by atoms with Crippen molar-refractivity contribution >= 4 is 10.8 Å². The second-order valence-corrected chi connectivity index (χ2v) is 5.38. The van der Waals surface area contributed by atoms with Crippen LogP contribution in [0.15, 0.2) is 36.7 Å². The lowest BCUT2D eigenvalue weighted by Crippen LogP contribution is -2.36. The second-order valence-electron chi connectivity index (χ2n) is 5.38. The lowest BCUT2D eigenvalue weighted by Gasteiger charge is -2.32. The van der Waals surface area contributed by atoms with Gasteiger partial charge in [-0.3, -0.25) is 4.98 Å². The number of hydrogen-bond donors (Lipinski definition) is 1. The minimum atomic E-state index is 0.623. The fourth-order valence-electron chi connectivity index (χ4n) is 2.70. The quantitative estimate of drug-likeness (QED) is 0.884. The van der Waals surface area contributed by atoms with Crippen LogP contribution in [0.4, 0.5) is 0 Å². The Morgan fingerprint density at radius 2 is 2.11 bits per heavy atom. The molecule has 1 saturated carbocycles. The Morgan fingerprint density at radius 3 is 2.89 bits per heavy atom. The summed E-state index contributed by atoms with van der Waals surface area (Å²) in [6.07, 6.45) is 8.12. The van der Waals surface area contributed by atoms with E-state index in [1.54, 1.807) is 0 Å². The molecule has 2 aromatic rings. The van der Waals surface area contributed by atoms with E-state index in [0.29, 0.717) is 6.04 Å². The molecule has 3 rings (SSSR count). The highest BCUT2D eigenvalue weighted by Gasteiger charge is 2.23. The molecule has 18 heavy (non-hydrogen) atoms. The minimum absolute atomic E-state index is 0.623. The number of hydrogen-bond acceptors (Lipinski definition) is 2. The Hall–Kier alpha value is -1.41. The summed E-state index contributed by atoms with van der Waals surface area (Å²) in [5, 5.41) is 6.20. The average Bonchev–Trinajstić information content (AvgIpc) is 2.34. The highest BCUT2D eigenvalue weighted by Crippen LogP contribution is 2.29. The fourth-order valence-corrected chi connectivity index (χ4v) is 2.70. The molecule has 1 aromatic carbocycles. The van der Waals surface area contributed by atoms with Crippen molar-refractivity contribution in [3.05, 3.63) is 42.2 Å². The summed E-state index contributed by atoms with van der Waals surface area (Å²) in [4.78, 5) is 4.33. The van der Waals surface area contributed by atoms with E-state index in [9.17, 15) is 0 Å². The molecule has 1 heterocycles. The van der Waals surface area contributed by atoms with Crippen molar-refractivity contribution in [3.8, 4) is 0 Å². The Morgan fingerprint density at radius 1 is 1.28 bits per heavy atom. The van der Waals surface area contributed by atoms with Crippen LogP contribution < -0.4 is 5.32 Å². The van der Waals surface area contributed by atoms with E-state index in [0.717, 1.165) is 12.5 Å². The van der Waals surface area contributed by atoms with Gasteiger partial charge in [-0.1, -0.05) is 30.7 Å². The van der Waals surface area contributed by atoms with Gasteiger partial charge in [0.15, 0.2) is 0 Å². The number of pyridine rings is 1. The van der Waals surface area contributed by atoms with Gasteiger partial charge < -0.3 is 5.32 Å². The molecule has 1 unspecified atom stereocenters. The molecule has 1 aliphatic rings. The second kappa shape index (κ2) is 5.07. The van der Waals surface area contributed by atoms with E-state index in [1.807, 2.05) is 12.4 Å². The maximum Gasteiger partial charge on any atom is 0.0346 e. The number of nitrogens with one attached hydrogen (secondary N) is 1. The summed E-state index contributed by atoms with van der Waals surface area (Å²) in [6.45, 7) is 3.23. The monoisotopic (exact) mass is 240 g/mol. The van der Waals surface area contributed by atoms with E-state index in [4.69, 9.17) is 0 Å². The smallest absolute Gasteiger partial charge is 0.0346 e. The average molecular weight is 240 g/mol. The Labute approximate surface area is 108 Å². The molecule has 94 valence electrons. The standard InChI is InChI=1S/C16H20N2/c1-12(13-6-4-7-13)18-11-15-10-17-9-14-5-2-3-8-16(14)15/h2-3,5,8-10,12-13,18H,4,6-7,11H2,1H3. The Kier molecular flexibility index (Phi) is 3.28. The molecule has 1 N–H and O–H groups in total. The van der Waals surface area contributed by atoms with Gasteiger partial charge >= 0.3 is 0 Å². The lowest BCUT2D eigenvalue weighted by molar-refractivity contribution is 0.240. The first-order valence-electron chi connectivity index (χ1n) is 6.89. The summed E-state index contributed by atoms with van der Waals surface area (Å²) in [5.41, 5.74) is 1.30. The SMILES string of the molecule is CC(NCc1cncc2ccccc12)C1CCC1. The minimum Gasteiger partial charge on any atom is -0.310 e. The van der Waals surface area contributed by atoms with Crippen molar-refractivity contribution in [2.24, 2.45) is 5.92 Å². The van der Waals surface area contributed by atoms with Crippen LogP contribution in [0, 0.1) is 5.92 Å².